The first-order valence-corrected chi connectivity index (χ1v) is 7.28. The maximum Gasteiger partial charge on any atom is 0.242 e. The fraction of sp³-hybridized carbons (Fsp3) is 0.385. The van der Waals surface area contributed by atoms with Crippen molar-refractivity contribution in [3.05, 3.63) is 28.2 Å². The van der Waals surface area contributed by atoms with Crippen molar-refractivity contribution in [1.29, 1.82) is 0 Å². The van der Waals surface area contributed by atoms with E-state index in [1.54, 1.807) is 14.0 Å². The minimum absolute atomic E-state index is 0.0865. The minimum Gasteiger partial charge on any atom is -0.389 e. The molecule has 20 heavy (non-hydrogen) atoms. The molecule has 0 aliphatic carbocycles. The third-order valence-corrected chi connectivity index (χ3v) is 3.49. The highest BCUT2D eigenvalue weighted by Crippen LogP contribution is 2.22. The maximum absolute atomic E-state index is 11.8. The molecule has 0 spiro atoms. The monoisotopic (exact) mass is 359 g/mol. The lowest BCUT2D eigenvalue weighted by molar-refractivity contribution is -0.121. The Morgan fingerprint density at radius 2 is 2.25 bits per heavy atom. The Morgan fingerprint density at radius 3 is 2.80 bits per heavy atom. The predicted molar refractivity (Wildman–Crippen MR) is 88.0 cm³/mol. The zero-order valence-corrected chi connectivity index (χ0v) is 13.8. The number of halogens is 1. The number of hydrogen-bond donors (Lipinski definition) is 3. The molecule has 0 aliphatic rings. The van der Waals surface area contributed by atoms with Crippen molar-refractivity contribution in [3.8, 4) is 0 Å². The molecule has 110 valence electrons. The summed E-state index contributed by atoms with van der Waals surface area (Å²) in [6.45, 7) is 2.77. The van der Waals surface area contributed by atoms with Crippen LogP contribution in [0.5, 0.6) is 0 Å². The van der Waals surface area contributed by atoms with Crippen LogP contribution in [0.4, 0.5) is 5.69 Å². The Kier molecular flexibility index (Phi) is 6.90. The fourth-order valence-electron chi connectivity index (χ4n) is 1.55. The molecule has 4 N–H and O–H groups in total. The molecule has 1 aromatic carbocycles. The summed E-state index contributed by atoms with van der Waals surface area (Å²) in [5, 5.41) is 5.88. The molecule has 5 nitrogen and oxygen atoms in total. The molecule has 0 saturated heterocycles. The molecule has 0 bridgehead atoms. The molecule has 1 atom stereocenters. The van der Waals surface area contributed by atoms with Crippen LogP contribution in [0.2, 0.25) is 0 Å². The number of rotatable bonds is 7. The minimum atomic E-state index is -0.352. The van der Waals surface area contributed by atoms with E-state index in [-0.39, 0.29) is 11.9 Å². The van der Waals surface area contributed by atoms with Crippen molar-refractivity contribution in [3.63, 3.8) is 0 Å². The summed E-state index contributed by atoms with van der Waals surface area (Å²) in [5.74, 6) is -0.0865. The number of carbonyl (C=O) groups excluding carboxylic acids is 1. The molecule has 1 amide bonds. The van der Waals surface area contributed by atoms with Crippen LogP contribution in [0.1, 0.15) is 12.5 Å². The van der Waals surface area contributed by atoms with Gasteiger partial charge >= 0.3 is 0 Å². The van der Waals surface area contributed by atoms with Crippen LogP contribution in [0, 0.1) is 0 Å². The van der Waals surface area contributed by atoms with Crippen LogP contribution in [-0.4, -0.2) is 37.2 Å². The molecule has 0 aromatic heterocycles. The molecular formula is C13H18BrN3O2S. The lowest BCUT2D eigenvalue weighted by Gasteiger charge is -2.16. The van der Waals surface area contributed by atoms with Gasteiger partial charge in [-0.1, -0.05) is 12.2 Å². The third kappa shape index (κ3) is 5.07. The molecule has 1 unspecified atom stereocenters. The smallest absolute Gasteiger partial charge is 0.242 e. The zero-order chi connectivity index (χ0) is 15.1. The largest absolute Gasteiger partial charge is 0.389 e. The number of carbonyl (C=O) groups is 1. The molecule has 0 saturated carbocycles. The molecule has 0 heterocycles. The van der Waals surface area contributed by atoms with Crippen molar-refractivity contribution in [1.82, 2.24) is 5.32 Å². The number of benzene rings is 1. The normalized spacial score (nSPS) is 11.8. The van der Waals surface area contributed by atoms with Gasteiger partial charge in [-0.2, -0.15) is 0 Å². The number of anilines is 1. The van der Waals surface area contributed by atoms with E-state index < -0.39 is 0 Å². The number of nitrogens with one attached hydrogen (secondary N) is 2. The summed E-state index contributed by atoms with van der Waals surface area (Å²) in [6, 6.07) is 5.13. The van der Waals surface area contributed by atoms with Crippen LogP contribution in [0.15, 0.2) is 22.7 Å². The van der Waals surface area contributed by atoms with Gasteiger partial charge < -0.3 is 21.1 Å². The van der Waals surface area contributed by atoms with Crippen molar-refractivity contribution in [2.45, 2.75) is 13.0 Å². The van der Waals surface area contributed by atoms with Gasteiger partial charge in [-0.3, -0.25) is 4.79 Å². The number of hydrogen-bond acceptors (Lipinski definition) is 4. The Morgan fingerprint density at radius 1 is 1.55 bits per heavy atom. The molecule has 1 rings (SSSR count). The van der Waals surface area contributed by atoms with Crippen LogP contribution in [-0.2, 0) is 9.53 Å². The molecule has 0 fully saturated rings. The predicted octanol–water partition coefficient (Wildman–Crippen LogP) is 1.65. The second-order valence-electron chi connectivity index (χ2n) is 4.21. The number of thiocarbonyl (C=S) groups is 1. The van der Waals surface area contributed by atoms with Crippen molar-refractivity contribution >= 4 is 44.7 Å². The second-order valence-corrected chi connectivity index (χ2v) is 5.50. The van der Waals surface area contributed by atoms with E-state index >= 15 is 0 Å². The van der Waals surface area contributed by atoms with Gasteiger partial charge in [0, 0.05) is 29.4 Å². The molecule has 7 heteroatoms. The van der Waals surface area contributed by atoms with Gasteiger partial charge in [0.15, 0.2) is 0 Å². The van der Waals surface area contributed by atoms with E-state index in [1.165, 1.54) is 0 Å². The van der Waals surface area contributed by atoms with E-state index in [1.807, 2.05) is 18.2 Å². The van der Waals surface area contributed by atoms with Crippen molar-refractivity contribution in [2.75, 3.05) is 25.6 Å². The highest BCUT2D eigenvalue weighted by molar-refractivity contribution is 9.10. The van der Waals surface area contributed by atoms with Gasteiger partial charge in [-0.15, -0.1) is 0 Å². The van der Waals surface area contributed by atoms with E-state index in [9.17, 15) is 4.79 Å². The van der Waals surface area contributed by atoms with E-state index in [0.717, 1.165) is 15.7 Å². The van der Waals surface area contributed by atoms with Gasteiger partial charge in [0.1, 0.15) is 11.0 Å². The zero-order valence-electron chi connectivity index (χ0n) is 11.4. The maximum atomic E-state index is 11.8. The van der Waals surface area contributed by atoms with Gasteiger partial charge in [0.2, 0.25) is 5.91 Å². The number of nitrogens with two attached hydrogens (primary N) is 1. The quantitative estimate of drug-likeness (QED) is 0.509. The first-order valence-electron chi connectivity index (χ1n) is 6.08. The van der Waals surface area contributed by atoms with Gasteiger partial charge in [-0.05, 0) is 41.1 Å². The van der Waals surface area contributed by atoms with Crippen LogP contribution >= 0.6 is 28.1 Å². The van der Waals surface area contributed by atoms with Crippen LogP contribution in [0.3, 0.4) is 0 Å². The fourth-order valence-corrected chi connectivity index (χ4v) is 2.45. The standard InChI is InChI=1S/C13H18BrN3O2S/c1-8(13(18)16-5-6-19-2)17-9-3-4-10(12(15)20)11(14)7-9/h3-4,7-8,17H,5-6H2,1-2H3,(H2,15,20)(H,16,18). The first-order chi connectivity index (χ1) is 9.45. The van der Waals surface area contributed by atoms with Crippen LogP contribution < -0.4 is 16.4 Å². The summed E-state index contributed by atoms with van der Waals surface area (Å²) >= 11 is 8.33. The third-order valence-electron chi connectivity index (χ3n) is 2.62. The van der Waals surface area contributed by atoms with Crippen LogP contribution in [0.25, 0.3) is 0 Å². The van der Waals surface area contributed by atoms with Crippen molar-refractivity contribution < 1.29 is 9.53 Å². The summed E-state index contributed by atoms with van der Waals surface area (Å²) < 4.78 is 5.67. The number of amides is 1. The summed E-state index contributed by atoms with van der Waals surface area (Å²) in [5.41, 5.74) is 7.17. The van der Waals surface area contributed by atoms with Gasteiger partial charge in [-0.25, -0.2) is 0 Å². The highest BCUT2D eigenvalue weighted by Gasteiger charge is 2.12. The highest BCUT2D eigenvalue weighted by atomic mass is 79.9. The van der Waals surface area contributed by atoms with E-state index in [0.29, 0.717) is 18.1 Å². The summed E-state index contributed by atoms with van der Waals surface area (Å²) in [7, 11) is 1.59. The molecular weight excluding hydrogens is 342 g/mol. The van der Waals surface area contributed by atoms with Crippen molar-refractivity contribution in [2.24, 2.45) is 5.73 Å². The van der Waals surface area contributed by atoms with Gasteiger partial charge in [0.25, 0.3) is 0 Å². The lowest BCUT2D eigenvalue weighted by atomic mass is 10.2. The van der Waals surface area contributed by atoms with E-state index in [4.69, 9.17) is 22.7 Å². The Labute approximate surface area is 132 Å². The Hall–Kier alpha value is -1.18. The molecule has 0 aliphatic heterocycles. The average Bonchev–Trinajstić information content (AvgIpc) is 2.38. The Balaban J connectivity index is 2.62. The SMILES string of the molecule is COCCNC(=O)C(C)Nc1ccc(C(N)=S)c(Br)c1. The number of ether oxygens (including phenoxy) is 1. The summed E-state index contributed by atoms with van der Waals surface area (Å²) in [6.07, 6.45) is 0. The van der Waals surface area contributed by atoms with E-state index in [2.05, 4.69) is 26.6 Å². The average molecular weight is 360 g/mol. The molecule has 1 aromatic rings. The Bertz CT molecular complexity index is 497. The van der Waals surface area contributed by atoms with Gasteiger partial charge in [0.05, 0.1) is 6.61 Å². The topological polar surface area (TPSA) is 76.4 Å². The first kappa shape index (κ1) is 16.9. The lowest BCUT2D eigenvalue weighted by Crippen LogP contribution is -2.39. The summed E-state index contributed by atoms with van der Waals surface area (Å²) in [4.78, 5) is 12.1. The number of methoxy groups -OCH3 is 1. The second kappa shape index (κ2) is 8.18. The molecule has 0 radical (unpaired) electrons.